The van der Waals surface area contributed by atoms with Crippen molar-refractivity contribution in [3.8, 4) is 0 Å². The summed E-state index contributed by atoms with van der Waals surface area (Å²) in [5, 5.41) is 10.0. The van der Waals surface area contributed by atoms with Gasteiger partial charge in [0, 0.05) is 31.9 Å². The van der Waals surface area contributed by atoms with Gasteiger partial charge in [-0.2, -0.15) is 0 Å². The molecule has 2 heterocycles. The number of aromatic nitrogens is 1. The third kappa shape index (κ3) is 8.62. The van der Waals surface area contributed by atoms with Crippen molar-refractivity contribution in [1.29, 1.82) is 0 Å². The molecule has 1 fully saturated rings. The zero-order chi connectivity index (χ0) is 16.3. The average molecular weight is 465 g/mol. The summed E-state index contributed by atoms with van der Waals surface area (Å²) in [5.74, 6) is 0.896. The Labute approximate surface area is 167 Å². The van der Waals surface area contributed by atoms with Gasteiger partial charge >= 0.3 is 0 Å². The lowest BCUT2D eigenvalue weighted by Crippen LogP contribution is -2.39. The second-order valence-electron chi connectivity index (χ2n) is 6.14. The molecule has 0 aromatic carbocycles. The highest BCUT2D eigenvalue weighted by atomic mass is 127. The summed E-state index contributed by atoms with van der Waals surface area (Å²) >= 11 is 1.71. The van der Waals surface area contributed by atoms with Crippen LogP contribution in [0.4, 0.5) is 0 Å². The molecular weight excluding hydrogens is 433 g/mol. The van der Waals surface area contributed by atoms with Crippen LogP contribution in [0, 0.1) is 6.92 Å². The van der Waals surface area contributed by atoms with Crippen molar-refractivity contribution in [2.24, 2.45) is 4.99 Å². The number of nitrogens with one attached hydrogen (secondary N) is 2. The predicted octanol–water partition coefficient (Wildman–Crippen LogP) is 3.04. The lowest BCUT2D eigenvalue weighted by atomic mass is 10.2. The molecule has 0 spiro atoms. The minimum Gasteiger partial charge on any atom is -0.356 e. The van der Waals surface area contributed by atoms with Crippen LogP contribution in [0.1, 0.15) is 42.8 Å². The van der Waals surface area contributed by atoms with Gasteiger partial charge in [-0.15, -0.1) is 35.3 Å². The van der Waals surface area contributed by atoms with E-state index in [9.17, 15) is 0 Å². The van der Waals surface area contributed by atoms with E-state index >= 15 is 0 Å². The molecule has 2 rings (SSSR count). The molecule has 7 heteroatoms. The smallest absolute Gasteiger partial charge is 0.190 e. The van der Waals surface area contributed by atoms with Crippen LogP contribution in [-0.4, -0.2) is 55.6 Å². The first-order valence-corrected chi connectivity index (χ1v) is 9.74. The largest absolute Gasteiger partial charge is 0.356 e. The van der Waals surface area contributed by atoms with Crippen molar-refractivity contribution in [1.82, 2.24) is 20.5 Å². The van der Waals surface area contributed by atoms with Crippen LogP contribution in [0.25, 0.3) is 0 Å². The summed E-state index contributed by atoms with van der Waals surface area (Å²) in [6.07, 6.45) is 7.66. The van der Waals surface area contributed by atoms with E-state index < -0.39 is 0 Å². The quantitative estimate of drug-likeness (QED) is 0.281. The maximum atomic E-state index is 4.48. The molecule has 1 aromatic heterocycles. The Morgan fingerprint density at radius 3 is 2.54 bits per heavy atom. The fraction of sp³-hybridized carbons (Fsp3) is 0.765. The molecule has 1 saturated heterocycles. The molecule has 0 bridgehead atoms. The monoisotopic (exact) mass is 465 g/mol. The zero-order valence-electron chi connectivity index (χ0n) is 15.0. The van der Waals surface area contributed by atoms with Crippen molar-refractivity contribution >= 4 is 41.3 Å². The van der Waals surface area contributed by atoms with Crippen LogP contribution in [-0.2, 0) is 6.42 Å². The molecule has 0 saturated carbocycles. The van der Waals surface area contributed by atoms with Crippen LogP contribution in [0.5, 0.6) is 0 Å². The number of likely N-dealkylation sites (tertiary alicyclic amines) is 1. The Hall–Kier alpha value is -0.410. The molecule has 0 unspecified atom stereocenters. The molecular formula is C17H32IN5S. The van der Waals surface area contributed by atoms with Crippen molar-refractivity contribution in [2.45, 2.75) is 45.4 Å². The molecule has 0 aliphatic carbocycles. The topological polar surface area (TPSA) is 52.6 Å². The van der Waals surface area contributed by atoms with Gasteiger partial charge in [0.15, 0.2) is 5.96 Å². The third-order valence-corrected chi connectivity index (χ3v) is 5.03. The van der Waals surface area contributed by atoms with Crippen LogP contribution in [0.2, 0.25) is 0 Å². The molecule has 0 atom stereocenters. The second-order valence-corrected chi connectivity index (χ2v) is 7.21. The SMILES string of the molecule is CN=C(NCCCN1CCCCCC1)NCCc1csc(C)n1.I. The summed E-state index contributed by atoms with van der Waals surface area (Å²) in [4.78, 5) is 11.4. The van der Waals surface area contributed by atoms with E-state index in [4.69, 9.17) is 0 Å². The maximum Gasteiger partial charge on any atom is 0.190 e. The zero-order valence-corrected chi connectivity index (χ0v) is 18.2. The number of thiazole rings is 1. The van der Waals surface area contributed by atoms with Crippen LogP contribution >= 0.6 is 35.3 Å². The van der Waals surface area contributed by atoms with Gasteiger partial charge in [0.05, 0.1) is 10.7 Å². The van der Waals surface area contributed by atoms with Crippen molar-refractivity contribution in [2.75, 3.05) is 39.8 Å². The number of halogens is 1. The van der Waals surface area contributed by atoms with Gasteiger partial charge in [-0.25, -0.2) is 4.98 Å². The molecule has 0 amide bonds. The van der Waals surface area contributed by atoms with Crippen molar-refractivity contribution < 1.29 is 0 Å². The third-order valence-electron chi connectivity index (χ3n) is 4.21. The van der Waals surface area contributed by atoms with Crippen LogP contribution < -0.4 is 10.6 Å². The van der Waals surface area contributed by atoms with Gasteiger partial charge in [0.25, 0.3) is 0 Å². The first-order chi connectivity index (χ1) is 11.3. The number of rotatable bonds is 7. The molecule has 2 N–H and O–H groups in total. The Morgan fingerprint density at radius 1 is 1.21 bits per heavy atom. The van der Waals surface area contributed by atoms with E-state index in [-0.39, 0.29) is 24.0 Å². The fourth-order valence-corrected chi connectivity index (χ4v) is 3.57. The Kier molecular flexibility index (Phi) is 11.6. The van der Waals surface area contributed by atoms with Gasteiger partial charge in [0.2, 0.25) is 0 Å². The maximum absolute atomic E-state index is 4.48. The van der Waals surface area contributed by atoms with Gasteiger partial charge in [-0.05, 0) is 45.8 Å². The molecule has 1 aliphatic heterocycles. The summed E-state index contributed by atoms with van der Waals surface area (Å²) in [7, 11) is 1.83. The molecule has 24 heavy (non-hydrogen) atoms. The summed E-state index contributed by atoms with van der Waals surface area (Å²) in [5.41, 5.74) is 1.16. The lowest BCUT2D eigenvalue weighted by Gasteiger charge is -2.20. The highest BCUT2D eigenvalue weighted by molar-refractivity contribution is 14.0. The second kappa shape index (κ2) is 12.9. The van der Waals surface area contributed by atoms with Crippen molar-refractivity contribution in [3.05, 3.63) is 16.1 Å². The number of aliphatic imine (C=N–C) groups is 1. The average Bonchev–Trinajstić information content (AvgIpc) is 2.81. The number of hydrogen-bond acceptors (Lipinski definition) is 4. The van der Waals surface area contributed by atoms with E-state index in [1.54, 1.807) is 11.3 Å². The first-order valence-electron chi connectivity index (χ1n) is 8.86. The van der Waals surface area contributed by atoms with Crippen LogP contribution in [0.15, 0.2) is 10.4 Å². The Morgan fingerprint density at radius 2 is 1.92 bits per heavy atom. The highest BCUT2D eigenvalue weighted by Gasteiger charge is 2.08. The molecule has 0 radical (unpaired) electrons. The van der Waals surface area contributed by atoms with E-state index in [2.05, 4.69) is 30.9 Å². The minimum atomic E-state index is 0. The van der Waals surface area contributed by atoms with Gasteiger partial charge in [0.1, 0.15) is 0 Å². The van der Waals surface area contributed by atoms with E-state index in [0.717, 1.165) is 36.2 Å². The van der Waals surface area contributed by atoms with E-state index in [1.165, 1.54) is 51.7 Å². The van der Waals surface area contributed by atoms with Crippen LogP contribution in [0.3, 0.4) is 0 Å². The fourth-order valence-electron chi connectivity index (χ4n) is 2.92. The number of guanidine groups is 1. The number of nitrogens with zero attached hydrogens (tertiary/aromatic N) is 3. The van der Waals surface area contributed by atoms with Gasteiger partial charge < -0.3 is 15.5 Å². The highest BCUT2D eigenvalue weighted by Crippen LogP contribution is 2.09. The summed E-state index contributed by atoms with van der Waals surface area (Å²) in [6, 6.07) is 0. The Balaban J connectivity index is 0.00000288. The lowest BCUT2D eigenvalue weighted by molar-refractivity contribution is 0.282. The molecule has 1 aliphatic rings. The summed E-state index contributed by atoms with van der Waals surface area (Å²) < 4.78 is 0. The normalized spacial score (nSPS) is 16.3. The van der Waals surface area contributed by atoms with Gasteiger partial charge in [-0.1, -0.05) is 12.8 Å². The van der Waals surface area contributed by atoms with E-state index in [0.29, 0.717) is 0 Å². The molecule has 5 nitrogen and oxygen atoms in total. The minimum absolute atomic E-state index is 0. The number of hydrogen-bond donors (Lipinski definition) is 2. The summed E-state index contributed by atoms with van der Waals surface area (Å²) in [6.45, 7) is 7.65. The molecule has 1 aromatic rings. The standard InChI is InChI=1S/C17H31N5S.HI/c1-15-21-16(14-23-15)8-10-20-17(18-2)19-9-7-13-22-11-5-3-4-6-12-22;/h14H,3-13H2,1-2H3,(H2,18,19,20);1H. The first kappa shape index (κ1) is 21.6. The Bertz CT molecular complexity index is 469. The van der Waals surface area contributed by atoms with E-state index in [1.807, 2.05) is 14.0 Å². The number of aryl methyl sites for hydroxylation is 1. The molecule has 138 valence electrons. The van der Waals surface area contributed by atoms with Crippen molar-refractivity contribution in [3.63, 3.8) is 0 Å². The van der Waals surface area contributed by atoms with Gasteiger partial charge in [-0.3, -0.25) is 4.99 Å². The predicted molar refractivity (Wildman–Crippen MR) is 115 cm³/mol.